The van der Waals surface area contributed by atoms with E-state index in [0.29, 0.717) is 23.8 Å². The van der Waals surface area contributed by atoms with Gasteiger partial charge in [0.25, 0.3) is 0 Å². The minimum absolute atomic E-state index is 0.152. The van der Waals surface area contributed by atoms with Crippen LogP contribution in [0.2, 0.25) is 0 Å². The topological polar surface area (TPSA) is 84.5 Å². The van der Waals surface area contributed by atoms with Crippen molar-refractivity contribution in [3.8, 4) is 0 Å². The van der Waals surface area contributed by atoms with Gasteiger partial charge in [-0.2, -0.15) is 0 Å². The zero-order valence-electron chi connectivity index (χ0n) is 16.9. The predicted octanol–water partition coefficient (Wildman–Crippen LogP) is 4.30. The van der Waals surface area contributed by atoms with Crippen molar-refractivity contribution in [1.29, 1.82) is 0 Å². The van der Waals surface area contributed by atoms with E-state index in [-0.39, 0.29) is 23.3 Å². The fraction of sp³-hybridized carbons (Fsp3) is 0.318. The monoisotopic (exact) mass is 414 g/mol. The zero-order valence-corrected chi connectivity index (χ0v) is 17.7. The van der Waals surface area contributed by atoms with E-state index in [0.717, 1.165) is 5.69 Å². The first kappa shape index (κ1) is 22.5. The summed E-state index contributed by atoms with van der Waals surface area (Å²) in [4.78, 5) is 35.6. The van der Waals surface area contributed by atoms with Gasteiger partial charge in [-0.3, -0.25) is 9.59 Å². The molecule has 0 aromatic heterocycles. The van der Waals surface area contributed by atoms with Crippen molar-refractivity contribution in [3.05, 3.63) is 59.7 Å². The maximum atomic E-state index is 12.0. The number of hydrogen-bond acceptors (Lipinski definition) is 5. The molecule has 2 aromatic carbocycles. The molecule has 2 rings (SSSR count). The molecule has 0 aliphatic carbocycles. The second-order valence-corrected chi connectivity index (χ2v) is 7.65. The quantitative estimate of drug-likeness (QED) is 0.598. The number of hydrogen-bond donors (Lipinski definition) is 2. The number of anilines is 2. The Kier molecular flexibility index (Phi) is 8.73. The highest BCUT2D eigenvalue weighted by Crippen LogP contribution is 2.17. The molecule has 0 saturated heterocycles. The maximum Gasteiger partial charge on any atom is 0.338 e. The normalized spacial score (nSPS) is 10.5. The summed E-state index contributed by atoms with van der Waals surface area (Å²) in [6, 6.07) is 14.2. The summed E-state index contributed by atoms with van der Waals surface area (Å²) in [5.41, 5.74) is 2.96. The molecule has 2 aromatic rings. The molecular formula is C22H26N2O4S. The molecule has 7 heteroatoms. The predicted molar refractivity (Wildman–Crippen MR) is 118 cm³/mol. The number of esters is 1. The lowest BCUT2D eigenvalue weighted by atomic mass is 10.0. The number of nitrogens with one attached hydrogen (secondary N) is 2. The average Bonchev–Trinajstić information content (AvgIpc) is 2.69. The third-order valence-corrected chi connectivity index (χ3v) is 4.94. The molecule has 29 heavy (non-hydrogen) atoms. The van der Waals surface area contributed by atoms with Crippen LogP contribution < -0.4 is 10.6 Å². The average molecular weight is 415 g/mol. The smallest absolute Gasteiger partial charge is 0.338 e. The molecule has 0 aliphatic rings. The summed E-state index contributed by atoms with van der Waals surface area (Å²) in [5.74, 6) is 0.00773. The van der Waals surface area contributed by atoms with E-state index in [2.05, 4.69) is 24.5 Å². The van der Waals surface area contributed by atoms with Gasteiger partial charge in [0.05, 0.1) is 23.7 Å². The van der Waals surface area contributed by atoms with Crippen LogP contribution in [0.1, 0.15) is 42.6 Å². The Hall–Kier alpha value is -2.80. The third-order valence-electron chi connectivity index (χ3n) is 4.01. The number of rotatable bonds is 9. The molecule has 0 aliphatic heterocycles. The van der Waals surface area contributed by atoms with Crippen molar-refractivity contribution in [2.75, 3.05) is 28.7 Å². The molecular weight excluding hydrogens is 388 g/mol. The molecule has 0 spiro atoms. The zero-order chi connectivity index (χ0) is 21.2. The van der Waals surface area contributed by atoms with Crippen molar-refractivity contribution in [2.24, 2.45) is 0 Å². The number of carbonyl (C=O) groups excluding carboxylic acids is 3. The van der Waals surface area contributed by atoms with Crippen LogP contribution in [0.15, 0.2) is 48.5 Å². The van der Waals surface area contributed by atoms with Crippen LogP contribution in [-0.2, 0) is 14.3 Å². The molecule has 0 fully saturated rings. The van der Waals surface area contributed by atoms with Crippen LogP contribution in [-0.4, -0.2) is 35.9 Å². The SMILES string of the molecule is CCOC(=O)c1ccc(NC(=O)CSCC(=O)Nc2ccc(C(C)C)cc2)cc1. The van der Waals surface area contributed by atoms with Gasteiger partial charge in [0, 0.05) is 11.4 Å². The van der Waals surface area contributed by atoms with E-state index in [1.165, 1.54) is 17.3 Å². The Morgan fingerprint density at radius 2 is 1.34 bits per heavy atom. The van der Waals surface area contributed by atoms with Gasteiger partial charge in [-0.15, -0.1) is 11.8 Å². The van der Waals surface area contributed by atoms with E-state index >= 15 is 0 Å². The number of ether oxygens (including phenoxy) is 1. The molecule has 0 unspecified atom stereocenters. The van der Waals surface area contributed by atoms with Crippen molar-refractivity contribution in [3.63, 3.8) is 0 Å². The van der Waals surface area contributed by atoms with Gasteiger partial charge in [0.15, 0.2) is 0 Å². The molecule has 0 heterocycles. The van der Waals surface area contributed by atoms with Crippen molar-refractivity contribution >= 4 is 40.9 Å². The summed E-state index contributed by atoms with van der Waals surface area (Å²) < 4.78 is 4.92. The Morgan fingerprint density at radius 3 is 1.79 bits per heavy atom. The molecule has 6 nitrogen and oxygen atoms in total. The van der Waals surface area contributed by atoms with Crippen LogP contribution >= 0.6 is 11.8 Å². The van der Waals surface area contributed by atoms with E-state index in [1.807, 2.05) is 24.3 Å². The van der Waals surface area contributed by atoms with Crippen molar-refractivity contribution in [1.82, 2.24) is 0 Å². The van der Waals surface area contributed by atoms with Gasteiger partial charge in [-0.25, -0.2) is 4.79 Å². The van der Waals surface area contributed by atoms with Gasteiger partial charge in [-0.05, 0) is 54.8 Å². The van der Waals surface area contributed by atoms with E-state index < -0.39 is 5.97 Å². The van der Waals surface area contributed by atoms with Gasteiger partial charge >= 0.3 is 5.97 Å². The van der Waals surface area contributed by atoms with E-state index in [9.17, 15) is 14.4 Å². The highest BCUT2D eigenvalue weighted by atomic mass is 32.2. The minimum Gasteiger partial charge on any atom is -0.462 e. The van der Waals surface area contributed by atoms with Crippen molar-refractivity contribution in [2.45, 2.75) is 26.7 Å². The van der Waals surface area contributed by atoms with Gasteiger partial charge in [0.1, 0.15) is 0 Å². The molecule has 0 saturated carbocycles. The summed E-state index contributed by atoms with van der Waals surface area (Å²) >= 11 is 1.23. The van der Waals surface area contributed by atoms with E-state index in [4.69, 9.17) is 4.74 Å². The standard InChI is InChI=1S/C22H26N2O4S/c1-4-28-22(27)17-7-11-19(12-8-17)24-21(26)14-29-13-20(25)23-18-9-5-16(6-10-18)15(2)3/h5-12,15H,4,13-14H2,1-3H3,(H,23,25)(H,24,26). The first-order chi connectivity index (χ1) is 13.9. The summed E-state index contributed by atoms with van der Waals surface area (Å²) in [7, 11) is 0. The number of amides is 2. The molecule has 0 radical (unpaired) electrons. The van der Waals surface area contributed by atoms with Crippen LogP contribution in [0.4, 0.5) is 11.4 Å². The van der Waals surface area contributed by atoms with Crippen LogP contribution in [0.3, 0.4) is 0 Å². The summed E-state index contributed by atoms with van der Waals surface area (Å²) in [5, 5.41) is 5.56. The Bertz CT molecular complexity index is 833. The third kappa shape index (κ3) is 7.62. The molecule has 0 bridgehead atoms. The highest BCUT2D eigenvalue weighted by molar-refractivity contribution is 8.00. The minimum atomic E-state index is -0.397. The summed E-state index contributed by atoms with van der Waals surface area (Å²) in [6.45, 7) is 6.28. The van der Waals surface area contributed by atoms with Gasteiger partial charge in [0.2, 0.25) is 11.8 Å². The Morgan fingerprint density at radius 1 is 0.862 bits per heavy atom. The van der Waals surface area contributed by atoms with Gasteiger partial charge in [-0.1, -0.05) is 26.0 Å². The first-order valence-corrected chi connectivity index (χ1v) is 10.6. The number of carbonyl (C=O) groups is 3. The molecule has 2 N–H and O–H groups in total. The maximum absolute atomic E-state index is 12.0. The molecule has 154 valence electrons. The fourth-order valence-corrected chi connectivity index (χ4v) is 3.10. The lowest BCUT2D eigenvalue weighted by Crippen LogP contribution is -2.18. The lowest BCUT2D eigenvalue weighted by molar-refractivity contribution is -0.114. The lowest BCUT2D eigenvalue weighted by Gasteiger charge is -2.09. The molecule has 0 atom stereocenters. The van der Waals surface area contributed by atoms with Crippen LogP contribution in [0, 0.1) is 0 Å². The van der Waals surface area contributed by atoms with Crippen LogP contribution in [0.25, 0.3) is 0 Å². The second-order valence-electron chi connectivity index (χ2n) is 6.66. The fourth-order valence-electron chi connectivity index (χ4n) is 2.49. The Balaban J connectivity index is 1.72. The first-order valence-electron chi connectivity index (χ1n) is 9.43. The molecule has 2 amide bonds. The number of benzene rings is 2. The Labute approximate surface area is 175 Å². The van der Waals surface area contributed by atoms with Crippen molar-refractivity contribution < 1.29 is 19.1 Å². The number of thioether (sulfide) groups is 1. The largest absolute Gasteiger partial charge is 0.462 e. The van der Waals surface area contributed by atoms with Gasteiger partial charge < -0.3 is 15.4 Å². The summed E-state index contributed by atoms with van der Waals surface area (Å²) in [6.07, 6.45) is 0. The van der Waals surface area contributed by atoms with E-state index in [1.54, 1.807) is 31.2 Å². The second kappa shape index (κ2) is 11.3. The van der Waals surface area contributed by atoms with Crippen LogP contribution in [0.5, 0.6) is 0 Å². The highest BCUT2D eigenvalue weighted by Gasteiger charge is 2.09.